The van der Waals surface area contributed by atoms with Crippen LogP contribution in [0.4, 0.5) is 5.69 Å². The predicted molar refractivity (Wildman–Crippen MR) is 114 cm³/mol. The SMILES string of the molecule is Cc1nccn1-c1ccc(NC(=O)Cc2csc(-c3cccc(Br)c3)n2)cn1. The number of carbonyl (C=O) groups excluding carboxylic acids is 1. The summed E-state index contributed by atoms with van der Waals surface area (Å²) in [7, 11) is 0. The summed E-state index contributed by atoms with van der Waals surface area (Å²) in [6, 6.07) is 11.6. The molecule has 0 fully saturated rings. The van der Waals surface area contributed by atoms with Gasteiger partial charge in [-0.25, -0.2) is 15.0 Å². The van der Waals surface area contributed by atoms with Crippen molar-refractivity contribution in [2.75, 3.05) is 5.32 Å². The smallest absolute Gasteiger partial charge is 0.230 e. The van der Waals surface area contributed by atoms with E-state index in [0.717, 1.165) is 32.4 Å². The van der Waals surface area contributed by atoms with Crippen molar-refractivity contribution in [2.24, 2.45) is 0 Å². The van der Waals surface area contributed by atoms with E-state index >= 15 is 0 Å². The third-order valence-corrected chi connectivity index (χ3v) is 5.50. The normalized spacial score (nSPS) is 10.8. The van der Waals surface area contributed by atoms with E-state index < -0.39 is 0 Å². The van der Waals surface area contributed by atoms with Crippen LogP contribution in [0.5, 0.6) is 0 Å². The van der Waals surface area contributed by atoms with Crippen molar-refractivity contribution in [3.05, 3.63) is 76.4 Å². The first kappa shape index (κ1) is 18.5. The van der Waals surface area contributed by atoms with E-state index in [1.165, 1.54) is 11.3 Å². The number of hydrogen-bond acceptors (Lipinski definition) is 5. The molecule has 0 unspecified atom stereocenters. The Hall–Kier alpha value is -2.84. The number of amides is 1. The molecule has 140 valence electrons. The summed E-state index contributed by atoms with van der Waals surface area (Å²) in [5.74, 6) is 1.49. The van der Waals surface area contributed by atoms with Gasteiger partial charge >= 0.3 is 0 Å². The Bertz CT molecular complexity index is 1120. The molecule has 1 N–H and O–H groups in total. The number of pyridine rings is 1. The van der Waals surface area contributed by atoms with Crippen molar-refractivity contribution in [3.8, 4) is 16.4 Å². The van der Waals surface area contributed by atoms with Crippen molar-refractivity contribution in [3.63, 3.8) is 0 Å². The molecule has 0 aliphatic heterocycles. The molecular weight excluding hydrogens is 438 g/mol. The molecule has 6 nitrogen and oxygen atoms in total. The van der Waals surface area contributed by atoms with Gasteiger partial charge in [0.05, 0.1) is 24.0 Å². The van der Waals surface area contributed by atoms with Gasteiger partial charge in [0.25, 0.3) is 0 Å². The Morgan fingerprint density at radius 3 is 2.86 bits per heavy atom. The van der Waals surface area contributed by atoms with Crippen LogP contribution in [0.1, 0.15) is 11.5 Å². The van der Waals surface area contributed by atoms with Gasteiger partial charge in [-0.3, -0.25) is 9.36 Å². The molecule has 0 spiro atoms. The maximum atomic E-state index is 12.4. The van der Waals surface area contributed by atoms with E-state index in [1.807, 2.05) is 59.5 Å². The van der Waals surface area contributed by atoms with Crippen LogP contribution in [0.2, 0.25) is 0 Å². The minimum atomic E-state index is -0.126. The van der Waals surface area contributed by atoms with Crippen LogP contribution in [0.25, 0.3) is 16.4 Å². The molecule has 0 bridgehead atoms. The largest absolute Gasteiger partial charge is 0.324 e. The molecule has 1 aromatic carbocycles. The molecule has 4 aromatic rings. The van der Waals surface area contributed by atoms with Gasteiger partial charge in [0.2, 0.25) is 5.91 Å². The predicted octanol–water partition coefficient (Wildman–Crippen LogP) is 4.64. The number of benzene rings is 1. The average Bonchev–Trinajstić information content (AvgIpc) is 3.31. The molecule has 0 radical (unpaired) electrons. The van der Waals surface area contributed by atoms with Crippen molar-refractivity contribution in [2.45, 2.75) is 13.3 Å². The molecule has 0 saturated carbocycles. The highest BCUT2D eigenvalue weighted by Gasteiger charge is 2.10. The molecule has 28 heavy (non-hydrogen) atoms. The highest BCUT2D eigenvalue weighted by Crippen LogP contribution is 2.26. The number of halogens is 1. The van der Waals surface area contributed by atoms with Gasteiger partial charge in [0, 0.05) is 27.8 Å². The number of hydrogen-bond donors (Lipinski definition) is 1. The number of imidazole rings is 1. The third kappa shape index (κ3) is 4.18. The summed E-state index contributed by atoms with van der Waals surface area (Å²) in [6.45, 7) is 1.91. The van der Waals surface area contributed by atoms with Crippen LogP contribution >= 0.6 is 27.3 Å². The fourth-order valence-corrected chi connectivity index (χ4v) is 3.95. The molecule has 0 aliphatic rings. The second-order valence-corrected chi connectivity index (χ2v) is 7.90. The summed E-state index contributed by atoms with van der Waals surface area (Å²) in [4.78, 5) is 25.5. The lowest BCUT2D eigenvalue weighted by Gasteiger charge is -2.07. The van der Waals surface area contributed by atoms with Crippen LogP contribution in [-0.2, 0) is 11.2 Å². The van der Waals surface area contributed by atoms with Gasteiger partial charge in [-0.2, -0.15) is 0 Å². The van der Waals surface area contributed by atoms with Gasteiger partial charge in [0.1, 0.15) is 16.6 Å². The topological polar surface area (TPSA) is 72.7 Å². The van der Waals surface area contributed by atoms with E-state index in [1.54, 1.807) is 12.4 Å². The first-order chi connectivity index (χ1) is 13.6. The molecule has 3 aromatic heterocycles. The quantitative estimate of drug-likeness (QED) is 0.477. The molecule has 8 heteroatoms. The van der Waals surface area contributed by atoms with E-state index in [9.17, 15) is 4.79 Å². The van der Waals surface area contributed by atoms with Gasteiger partial charge in [-0.1, -0.05) is 28.1 Å². The van der Waals surface area contributed by atoms with Crippen LogP contribution in [-0.4, -0.2) is 25.4 Å². The number of aromatic nitrogens is 4. The Morgan fingerprint density at radius 2 is 2.14 bits per heavy atom. The lowest BCUT2D eigenvalue weighted by molar-refractivity contribution is -0.115. The summed E-state index contributed by atoms with van der Waals surface area (Å²) in [6.07, 6.45) is 5.43. The Balaban J connectivity index is 1.40. The maximum absolute atomic E-state index is 12.4. The van der Waals surface area contributed by atoms with E-state index in [2.05, 4.69) is 36.2 Å². The fraction of sp³-hybridized carbons (Fsp3) is 0.100. The molecule has 0 saturated heterocycles. The minimum absolute atomic E-state index is 0.126. The monoisotopic (exact) mass is 453 g/mol. The highest BCUT2D eigenvalue weighted by atomic mass is 79.9. The van der Waals surface area contributed by atoms with Gasteiger partial charge in [0.15, 0.2) is 0 Å². The molecule has 3 heterocycles. The van der Waals surface area contributed by atoms with Crippen LogP contribution in [0, 0.1) is 6.92 Å². The number of rotatable bonds is 5. The zero-order valence-corrected chi connectivity index (χ0v) is 17.4. The Kier molecular flexibility index (Phi) is 5.31. The van der Waals surface area contributed by atoms with Gasteiger partial charge < -0.3 is 5.32 Å². The van der Waals surface area contributed by atoms with Crippen LogP contribution in [0.3, 0.4) is 0 Å². The number of thiazole rings is 1. The van der Waals surface area contributed by atoms with E-state index in [4.69, 9.17) is 0 Å². The molecule has 1 amide bonds. The first-order valence-corrected chi connectivity index (χ1v) is 10.2. The number of anilines is 1. The standard InChI is InChI=1S/C20H16BrN5OS/c1-13-22-7-8-26(13)18-6-5-16(11-23-18)24-19(27)10-17-12-28-20(25-17)14-3-2-4-15(21)9-14/h2-9,11-12H,10H2,1H3,(H,24,27). The number of aryl methyl sites for hydroxylation is 1. The summed E-state index contributed by atoms with van der Waals surface area (Å²) >= 11 is 5.00. The molecular formula is C20H16BrN5OS. The van der Waals surface area contributed by atoms with E-state index in [-0.39, 0.29) is 12.3 Å². The second-order valence-electron chi connectivity index (χ2n) is 6.13. The average molecular weight is 454 g/mol. The summed E-state index contributed by atoms with van der Waals surface area (Å²) < 4.78 is 2.88. The fourth-order valence-electron chi connectivity index (χ4n) is 2.73. The number of nitrogens with zero attached hydrogens (tertiary/aromatic N) is 4. The molecule has 0 atom stereocenters. The number of carbonyl (C=O) groups is 1. The lowest BCUT2D eigenvalue weighted by atomic mass is 10.2. The van der Waals surface area contributed by atoms with Crippen molar-refractivity contribution >= 4 is 38.9 Å². The molecule has 4 rings (SSSR count). The Labute approximate surface area is 174 Å². The minimum Gasteiger partial charge on any atom is -0.324 e. The molecule has 0 aliphatic carbocycles. The van der Waals surface area contributed by atoms with Crippen LogP contribution in [0.15, 0.2) is 64.8 Å². The van der Waals surface area contributed by atoms with Gasteiger partial charge in [-0.05, 0) is 31.2 Å². The lowest BCUT2D eigenvalue weighted by Crippen LogP contribution is -2.15. The highest BCUT2D eigenvalue weighted by molar-refractivity contribution is 9.10. The summed E-state index contributed by atoms with van der Waals surface area (Å²) in [5.41, 5.74) is 2.42. The van der Waals surface area contributed by atoms with Crippen molar-refractivity contribution in [1.29, 1.82) is 0 Å². The maximum Gasteiger partial charge on any atom is 0.230 e. The Morgan fingerprint density at radius 1 is 1.25 bits per heavy atom. The van der Waals surface area contributed by atoms with Gasteiger partial charge in [-0.15, -0.1) is 11.3 Å². The van der Waals surface area contributed by atoms with Crippen LogP contribution < -0.4 is 5.32 Å². The first-order valence-electron chi connectivity index (χ1n) is 8.55. The second kappa shape index (κ2) is 8.04. The third-order valence-electron chi connectivity index (χ3n) is 4.07. The summed E-state index contributed by atoms with van der Waals surface area (Å²) in [5, 5.41) is 5.68. The van der Waals surface area contributed by atoms with Crippen molar-refractivity contribution in [1.82, 2.24) is 19.5 Å². The zero-order chi connectivity index (χ0) is 19.5. The zero-order valence-electron chi connectivity index (χ0n) is 15.0. The van der Waals surface area contributed by atoms with Crippen molar-refractivity contribution < 1.29 is 4.79 Å². The van der Waals surface area contributed by atoms with E-state index in [0.29, 0.717) is 5.69 Å². The number of nitrogens with one attached hydrogen (secondary N) is 1.